The molecule has 0 fully saturated rings. The van der Waals surface area contributed by atoms with Gasteiger partial charge in [0.1, 0.15) is 0 Å². The van der Waals surface area contributed by atoms with Crippen molar-refractivity contribution in [2.75, 3.05) is 0 Å². The van der Waals surface area contributed by atoms with Crippen LogP contribution >= 0.6 is 0 Å². The van der Waals surface area contributed by atoms with E-state index in [-0.39, 0.29) is 5.69 Å². The highest BCUT2D eigenvalue weighted by atomic mass is 16.6. The summed E-state index contributed by atoms with van der Waals surface area (Å²) >= 11 is 0. The van der Waals surface area contributed by atoms with Gasteiger partial charge in [-0.15, -0.1) is 0 Å². The van der Waals surface area contributed by atoms with Crippen molar-refractivity contribution < 1.29 is 4.92 Å². The summed E-state index contributed by atoms with van der Waals surface area (Å²) in [6.45, 7) is 5.21. The summed E-state index contributed by atoms with van der Waals surface area (Å²) in [6, 6.07) is 6.44. The Morgan fingerprint density at radius 1 is 1.33 bits per heavy atom. The predicted molar refractivity (Wildman–Crippen MR) is 69.2 cm³/mol. The van der Waals surface area contributed by atoms with Crippen molar-refractivity contribution in [2.24, 2.45) is 5.92 Å². The Labute approximate surface area is 105 Å². The second-order valence-corrected chi connectivity index (χ2v) is 4.65. The fourth-order valence-electron chi connectivity index (χ4n) is 1.78. The first-order valence-corrected chi connectivity index (χ1v) is 5.83. The highest BCUT2D eigenvalue weighted by molar-refractivity contribution is 5.60. The van der Waals surface area contributed by atoms with Crippen LogP contribution in [0.1, 0.15) is 13.8 Å². The van der Waals surface area contributed by atoms with Crippen molar-refractivity contribution in [2.45, 2.75) is 20.4 Å². The number of hydrogen-bond acceptors (Lipinski definition) is 3. The number of rotatable bonds is 4. The van der Waals surface area contributed by atoms with Crippen LogP contribution in [0.3, 0.4) is 0 Å². The molecule has 0 radical (unpaired) electrons. The topological polar surface area (TPSA) is 61.0 Å². The Kier molecular flexibility index (Phi) is 3.41. The molecule has 5 heteroatoms. The van der Waals surface area contributed by atoms with Crippen LogP contribution < -0.4 is 0 Å². The van der Waals surface area contributed by atoms with Gasteiger partial charge in [-0.05, 0) is 18.1 Å². The molecule has 1 aromatic carbocycles. The quantitative estimate of drug-likeness (QED) is 0.614. The van der Waals surface area contributed by atoms with E-state index in [4.69, 9.17) is 0 Å². The minimum Gasteiger partial charge on any atom is -0.337 e. The average molecular weight is 245 g/mol. The zero-order chi connectivity index (χ0) is 13.1. The van der Waals surface area contributed by atoms with Gasteiger partial charge in [0.25, 0.3) is 5.69 Å². The molecule has 0 unspecified atom stereocenters. The maximum atomic E-state index is 10.6. The Balaban J connectivity index is 2.20. The first kappa shape index (κ1) is 12.3. The van der Waals surface area contributed by atoms with Crippen molar-refractivity contribution in [1.82, 2.24) is 9.55 Å². The molecule has 0 saturated heterocycles. The zero-order valence-electron chi connectivity index (χ0n) is 10.4. The van der Waals surface area contributed by atoms with E-state index < -0.39 is 4.92 Å². The number of nitro benzene ring substituents is 1. The summed E-state index contributed by atoms with van der Waals surface area (Å²) in [4.78, 5) is 14.5. The standard InChI is InChI=1S/C13H15N3O2/c1-10(2)7-15-8-13(14-9-15)11-3-5-12(6-4-11)16(17)18/h3-6,8-10H,7H2,1-2H3. The molecule has 0 aliphatic rings. The third kappa shape index (κ3) is 2.74. The summed E-state index contributed by atoms with van der Waals surface area (Å²) in [5.41, 5.74) is 1.83. The fraction of sp³-hybridized carbons (Fsp3) is 0.308. The van der Waals surface area contributed by atoms with Crippen molar-refractivity contribution in [3.63, 3.8) is 0 Å². The number of imidazole rings is 1. The van der Waals surface area contributed by atoms with E-state index in [0.29, 0.717) is 5.92 Å². The van der Waals surface area contributed by atoms with Crippen LogP contribution in [0.25, 0.3) is 11.3 Å². The van der Waals surface area contributed by atoms with E-state index >= 15 is 0 Å². The SMILES string of the molecule is CC(C)Cn1cnc(-c2ccc([N+](=O)[O-])cc2)c1. The van der Waals surface area contributed by atoms with E-state index in [0.717, 1.165) is 17.8 Å². The molecule has 0 aliphatic heterocycles. The van der Waals surface area contributed by atoms with Gasteiger partial charge in [0, 0.05) is 30.4 Å². The molecule has 2 aromatic rings. The number of benzene rings is 1. The van der Waals surface area contributed by atoms with Crippen LogP contribution in [0.15, 0.2) is 36.8 Å². The van der Waals surface area contributed by atoms with Crippen LogP contribution in [0, 0.1) is 16.0 Å². The molecule has 1 aromatic heterocycles. The van der Waals surface area contributed by atoms with Crippen LogP contribution in [-0.2, 0) is 6.54 Å². The number of hydrogen-bond donors (Lipinski definition) is 0. The number of nitro groups is 1. The third-order valence-corrected chi connectivity index (χ3v) is 2.58. The summed E-state index contributed by atoms with van der Waals surface area (Å²) < 4.78 is 2.03. The lowest BCUT2D eigenvalue weighted by molar-refractivity contribution is -0.384. The van der Waals surface area contributed by atoms with Gasteiger partial charge in [0.15, 0.2) is 0 Å². The van der Waals surface area contributed by atoms with Crippen molar-refractivity contribution >= 4 is 5.69 Å². The second-order valence-electron chi connectivity index (χ2n) is 4.65. The molecular weight excluding hydrogens is 230 g/mol. The minimum atomic E-state index is -0.402. The van der Waals surface area contributed by atoms with Gasteiger partial charge in [0.2, 0.25) is 0 Å². The van der Waals surface area contributed by atoms with E-state index in [1.165, 1.54) is 12.1 Å². The van der Waals surface area contributed by atoms with Gasteiger partial charge in [-0.25, -0.2) is 4.98 Å². The van der Waals surface area contributed by atoms with Crippen molar-refractivity contribution in [3.05, 3.63) is 46.9 Å². The molecule has 18 heavy (non-hydrogen) atoms. The summed E-state index contributed by atoms with van der Waals surface area (Å²) in [7, 11) is 0. The Morgan fingerprint density at radius 2 is 2.00 bits per heavy atom. The van der Waals surface area contributed by atoms with Gasteiger partial charge in [-0.1, -0.05) is 13.8 Å². The van der Waals surface area contributed by atoms with E-state index in [1.807, 2.05) is 10.8 Å². The molecule has 0 N–H and O–H groups in total. The predicted octanol–water partition coefficient (Wildman–Crippen LogP) is 3.11. The van der Waals surface area contributed by atoms with Crippen molar-refractivity contribution in [3.8, 4) is 11.3 Å². The highest BCUT2D eigenvalue weighted by Crippen LogP contribution is 2.20. The van der Waals surface area contributed by atoms with E-state index in [9.17, 15) is 10.1 Å². The summed E-state index contributed by atoms with van der Waals surface area (Å²) in [5, 5.41) is 10.6. The van der Waals surface area contributed by atoms with Gasteiger partial charge < -0.3 is 4.57 Å². The van der Waals surface area contributed by atoms with Crippen LogP contribution in [-0.4, -0.2) is 14.5 Å². The second kappa shape index (κ2) is 5.00. The number of aromatic nitrogens is 2. The monoisotopic (exact) mass is 245 g/mol. The highest BCUT2D eigenvalue weighted by Gasteiger charge is 2.07. The lowest BCUT2D eigenvalue weighted by atomic mass is 10.1. The molecule has 94 valence electrons. The van der Waals surface area contributed by atoms with Gasteiger partial charge in [-0.3, -0.25) is 10.1 Å². The first-order chi connectivity index (χ1) is 8.56. The molecule has 0 aliphatic carbocycles. The Morgan fingerprint density at radius 3 is 2.56 bits per heavy atom. The van der Waals surface area contributed by atoms with Gasteiger partial charge in [0.05, 0.1) is 16.9 Å². The molecule has 0 atom stereocenters. The lowest BCUT2D eigenvalue weighted by Gasteiger charge is -2.03. The minimum absolute atomic E-state index is 0.0976. The molecule has 5 nitrogen and oxygen atoms in total. The molecule has 0 amide bonds. The lowest BCUT2D eigenvalue weighted by Crippen LogP contribution is -2.00. The molecular formula is C13H15N3O2. The largest absolute Gasteiger partial charge is 0.337 e. The Bertz CT molecular complexity index is 544. The number of nitrogens with zero attached hydrogens (tertiary/aromatic N) is 3. The summed E-state index contributed by atoms with van der Waals surface area (Å²) in [6.07, 6.45) is 3.75. The van der Waals surface area contributed by atoms with E-state index in [1.54, 1.807) is 18.5 Å². The van der Waals surface area contributed by atoms with Crippen molar-refractivity contribution in [1.29, 1.82) is 0 Å². The van der Waals surface area contributed by atoms with Crippen LogP contribution in [0.5, 0.6) is 0 Å². The summed E-state index contributed by atoms with van der Waals surface area (Å²) in [5.74, 6) is 0.559. The maximum absolute atomic E-state index is 10.6. The molecule has 0 saturated carbocycles. The molecule has 0 spiro atoms. The third-order valence-electron chi connectivity index (χ3n) is 2.58. The number of non-ortho nitro benzene ring substituents is 1. The maximum Gasteiger partial charge on any atom is 0.269 e. The molecule has 0 bridgehead atoms. The van der Waals surface area contributed by atoms with Crippen LogP contribution in [0.4, 0.5) is 5.69 Å². The van der Waals surface area contributed by atoms with Crippen LogP contribution in [0.2, 0.25) is 0 Å². The van der Waals surface area contributed by atoms with Gasteiger partial charge in [-0.2, -0.15) is 0 Å². The average Bonchev–Trinajstić information content (AvgIpc) is 2.76. The molecule has 1 heterocycles. The fourth-order valence-corrected chi connectivity index (χ4v) is 1.78. The van der Waals surface area contributed by atoms with E-state index in [2.05, 4.69) is 18.8 Å². The molecule has 2 rings (SSSR count). The normalized spacial score (nSPS) is 10.8. The Hall–Kier alpha value is -2.17. The zero-order valence-corrected chi connectivity index (χ0v) is 10.4. The van der Waals surface area contributed by atoms with Gasteiger partial charge >= 0.3 is 0 Å². The first-order valence-electron chi connectivity index (χ1n) is 5.83. The smallest absolute Gasteiger partial charge is 0.269 e.